The van der Waals surface area contributed by atoms with Crippen LogP contribution in [0.3, 0.4) is 0 Å². The van der Waals surface area contributed by atoms with Crippen LogP contribution in [0.2, 0.25) is 0 Å². The Morgan fingerprint density at radius 1 is 0.744 bits per heavy atom. The standard InChI is InChI=1S/C33H50N8S2/c1-31(2,3)26-16-23(20-40(26)30-38-37-22-43-30)19-33(6,7)27-17-24(21-41(27)29-36-13-15-42-29)18-32(4,5)25-10-8-14-39(25)28-34-11-9-12-35-28/h9,11-13,15,22-27H,8,10,14,16-21H2,1-7H3. The van der Waals surface area contributed by atoms with E-state index in [2.05, 4.69) is 88.7 Å². The van der Waals surface area contributed by atoms with Gasteiger partial charge in [0, 0.05) is 61.7 Å². The van der Waals surface area contributed by atoms with Crippen LogP contribution in [0.25, 0.3) is 0 Å². The van der Waals surface area contributed by atoms with Crippen molar-refractivity contribution >= 4 is 38.9 Å². The molecule has 0 aromatic carbocycles. The minimum Gasteiger partial charge on any atom is -0.344 e. The third-order valence-electron chi connectivity index (χ3n) is 10.5. The lowest BCUT2D eigenvalue weighted by molar-refractivity contribution is 0.192. The Kier molecular flexibility index (Phi) is 8.48. The van der Waals surface area contributed by atoms with Crippen molar-refractivity contribution in [1.29, 1.82) is 0 Å². The first-order chi connectivity index (χ1) is 20.4. The van der Waals surface area contributed by atoms with E-state index in [0.717, 1.165) is 30.7 Å². The lowest BCUT2D eigenvalue weighted by Crippen LogP contribution is -2.43. The van der Waals surface area contributed by atoms with Crippen LogP contribution < -0.4 is 14.7 Å². The van der Waals surface area contributed by atoms with Gasteiger partial charge in [-0.25, -0.2) is 15.0 Å². The van der Waals surface area contributed by atoms with Gasteiger partial charge < -0.3 is 14.7 Å². The molecule has 3 saturated heterocycles. The highest BCUT2D eigenvalue weighted by molar-refractivity contribution is 7.13. The van der Waals surface area contributed by atoms with Crippen LogP contribution in [0.15, 0.2) is 35.5 Å². The molecule has 3 fully saturated rings. The number of rotatable bonds is 9. The van der Waals surface area contributed by atoms with Crippen LogP contribution in [0.4, 0.5) is 16.2 Å². The molecular weight excluding hydrogens is 573 g/mol. The van der Waals surface area contributed by atoms with Crippen LogP contribution in [0.5, 0.6) is 0 Å². The van der Waals surface area contributed by atoms with Crippen molar-refractivity contribution in [1.82, 2.24) is 25.1 Å². The molecule has 5 atom stereocenters. The fraction of sp³-hybridized carbons (Fsp3) is 0.727. The maximum absolute atomic E-state index is 4.84. The summed E-state index contributed by atoms with van der Waals surface area (Å²) < 4.78 is 0. The molecule has 0 spiro atoms. The van der Waals surface area contributed by atoms with E-state index in [1.807, 2.05) is 30.2 Å². The maximum atomic E-state index is 4.84. The zero-order valence-corrected chi connectivity index (χ0v) is 28.7. The van der Waals surface area contributed by atoms with E-state index >= 15 is 0 Å². The zero-order chi connectivity index (χ0) is 30.4. The third kappa shape index (κ3) is 6.42. The van der Waals surface area contributed by atoms with Crippen molar-refractivity contribution in [3.05, 3.63) is 35.5 Å². The molecule has 0 aliphatic carbocycles. The first-order valence-electron chi connectivity index (χ1n) is 16.1. The minimum absolute atomic E-state index is 0.159. The normalized spacial score (nSPS) is 27.0. The second-order valence-electron chi connectivity index (χ2n) is 15.7. The van der Waals surface area contributed by atoms with Crippen molar-refractivity contribution in [2.45, 2.75) is 105 Å². The molecule has 0 amide bonds. The molecule has 234 valence electrons. The summed E-state index contributed by atoms with van der Waals surface area (Å²) in [5, 5.41) is 13.1. The molecule has 10 heteroatoms. The molecule has 3 aromatic rings. The summed E-state index contributed by atoms with van der Waals surface area (Å²) in [6, 6.07) is 3.33. The van der Waals surface area contributed by atoms with E-state index in [9.17, 15) is 0 Å². The molecule has 0 saturated carbocycles. The van der Waals surface area contributed by atoms with Gasteiger partial charge in [0.05, 0.1) is 0 Å². The van der Waals surface area contributed by atoms with Gasteiger partial charge in [0.1, 0.15) is 5.51 Å². The summed E-state index contributed by atoms with van der Waals surface area (Å²) in [5.74, 6) is 2.15. The van der Waals surface area contributed by atoms with Crippen LogP contribution in [0.1, 0.15) is 87.0 Å². The summed E-state index contributed by atoms with van der Waals surface area (Å²) in [6.45, 7) is 20.4. The fourth-order valence-corrected chi connectivity index (χ4v) is 10.1. The first kappa shape index (κ1) is 30.7. The van der Waals surface area contributed by atoms with Crippen molar-refractivity contribution < 1.29 is 0 Å². The number of aromatic nitrogens is 5. The van der Waals surface area contributed by atoms with E-state index in [1.165, 1.54) is 43.7 Å². The topological polar surface area (TPSA) is 74.2 Å². The second-order valence-corrected chi connectivity index (χ2v) is 17.4. The van der Waals surface area contributed by atoms with Crippen LogP contribution in [0, 0.1) is 28.1 Å². The van der Waals surface area contributed by atoms with Gasteiger partial charge in [-0.3, -0.25) is 0 Å². The Bertz CT molecular complexity index is 1300. The molecule has 43 heavy (non-hydrogen) atoms. The summed E-state index contributed by atoms with van der Waals surface area (Å²) in [6.07, 6.45) is 13.0. The van der Waals surface area contributed by atoms with Crippen LogP contribution >= 0.6 is 22.7 Å². The largest absolute Gasteiger partial charge is 0.344 e. The van der Waals surface area contributed by atoms with E-state index < -0.39 is 0 Å². The van der Waals surface area contributed by atoms with Crippen molar-refractivity contribution in [3.8, 4) is 0 Å². The number of hydrogen-bond acceptors (Lipinski definition) is 10. The van der Waals surface area contributed by atoms with Gasteiger partial charge in [-0.2, -0.15) is 0 Å². The van der Waals surface area contributed by atoms with E-state index in [4.69, 9.17) is 4.98 Å². The highest BCUT2D eigenvalue weighted by Gasteiger charge is 2.49. The van der Waals surface area contributed by atoms with Crippen molar-refractivity contribution in [2.24, 2.45) is 28.1 Å². The quantitative estimate of drug-likeness (QED) is 0.244. The van der Waals surface area contributed by atoms with Gasteiger partial charge in [-0.1, -0.05) is 59.8 Å². The van der Waals surface area contributed by atoms with E-state index in [1.54, 1.807) is 22.7 Å². The van der Waals surface area contributed by atoms with E-state index in [0.29, 0.717) is 30.0 Å². The lowest BCUT2D eigenvalue weighted by atomic mass is 9.71. The maximum Gasteiger partial charge on any atom is 0.225 e. The number of anilines is 3. The predicted molar refractivity (Wildman–Crippen MR) is 179 cm³/mol. The smallest absolute Gasteiger partial charge is 0.225 e. The highest BCUT2D eigenvalue weighted by atomic mass is 32.1. The Hall–Kier alpha value is -2.33. The molecule has 6 rings (SSSR count). The van der Waals surface area contributed by atoms with Crippen LogP contribution in [-0.4, -0.2) is 62.9 Å². The van der Waals surface area contributed by atoms with E-state index in [-0.39, 0.29) is 16.2 Å². The van der Waals surface area contributed by atoms with Gasteiger partial charge in [0.2, 0.25) is 11.1 Å². The third-order valence-corrected chi connectivity index (χ3v) is 12.1. The Morgan fingerprint density at radius 3 is 2.00 bits per heavy atom. The molecule has 3 aliphatic rings. The first-order valence-corrected chi connectivity index (χ1v) is 17.9. The molecule has 5 unspecified atom stereocenters. The summed E-state index contributed by atoms with van der Waals surface area (Å²) in [4.78, 5) is 21.8. The number of nitrogens with zero attached hydrogens (tertiary/aromatic N) is 8. The minimum atomic E-state index is 0.159. The summed E-state index contributed by atoms with van der Waals surface area (Å²) >= 11 is 3.47. The SMILES string of the molecule is CC(C)(C)C1CC(CC(C)(C)C2CC(CC(C)(C)C3CCCN3c3ncccn3)CN2c2nccs2)CN1c1nncs1. The van der Waals surface area contributed by atoms with Crippen LogP contribution in [-0.2, 0) is 0 Å². The lowest BCUT2D eigenvalue weighted by Gasteiger charge is -2.40. The molecule has 8 nitrogen and oxygen atoms in total. The van der Waals surface area contributed by atoms with Gasteiger partial charge in [0.25, 0.3) is 0 Å². The Labute approximate surface area is 266 Å². The average molecular weight is 623 g/mol. The molecule has 0 bridgehead atoms. The number of thiazole rings is 1. The van der Waals surface area contributed by atoms with Crippen molar-refractivity contribution in [3.63, 3.8) is 0 Å². The predicted octanol–water partition coefficient (Wildman–Crippen LogP) is 7.42. The Morgan fingerprint density at radius 2 is 1.40 bits per heavy atom. The van der Waals surface area contributed by atoms with Gasteiger partial charge in [-0.05, 0) is 72.7 Å². The highest BCUT2D eigenvalue weighted by Crippen LogP contribution is 2.49. The van der Waals surface area contributed by atoms with Gasteiger partial charge in [-0.15, -0.1) is 21.5 Å². The van der Waals surface area contributed by atoms with Crippen molar-refractivity contribution in [2.75, 3.05) is 34.3 Å². The molecule has 0 radical (unpaired) electrons. The Balaban J connectivity index is 1.19. The molecular formula is C33H50N8S2. The monoisotopic (exact) mass is 622 g/mol. The molecule has 3 aromatic heterocycles. The second kappa shape index (κ2) is 11.9. The van der Waals surface area contributed by atoms with Gasteiger partial charge in [0.15, 0.2) is 5.13 Å². The molecule has 3 aliphatic heterocycles. The summed E-state index contributed by atoms with van der Waals surface area (Å²) in [7, 11) is 0. The fourth-order valence-electron chi connectivity index (χ4n) is 8.79. The van der Waals surface area contributed by atoms with Gasteiger partial charge >= 0.3 is 0 Å². The zero-order valence-electron chi connectivity index (χ0n) is 27.1. The summed E-state index contributed by atoms with van der Waals surface area (Å²) in [5.41, 5.74) is 2.39. The molecule has 6 heterocycles. The average Bonchev–Trinajstić information content (AvgIpc) is 3.77. The molecule has 0 N–H and O–H groups in total. The number of hydrogen-bond donors (Lipinski definition) is 0.